The van der Waals surface area contributed by atoms with Gasteiger partial charge in [0.1, 0.15) is 0 Å². The number of ether oxygens (including phenoxy) is 1. The van der Waals surface area contributed by atoms with Gasteiger partial charge in [0, 0.05) is 73.0 Å². The fourth-order valence-corrected chi connectivity index (χ4v) is 6.75. The molecule has 3 aliphatic heterocycles. The third-order valence-electron chi connectivity index (χ3n) is 6.73. The average molecular weight is 509 g/mol. The minimum Gasteiger partial charge on any atom is -0.379 e. The molecule has 0 spiro atoms. The van der Waals surface area contributed by atoms with E-state index in [0.29, 0.717) is 13.1 Å². The molecule has 186 valence electrons. The number of piperazine rings is 1. The van der Waals surface area contributed by atoms with Crippen LogP contribution >= 0.6 is 11.3 Å². The Morgan fingerprint density at radius 1 is 1.12 bits per heavy atom. The van der Waals surface area contributed by atoms with E-state index in [2.05, 4.69) is 42.8 Å². The summed E-state index contributed by atoms with van der Waals surface area (Å²) in [5.41, 5.74) is 7.88. The van der Waals surface area contributed by atoms with Crippen LogP contribution in [0.4, 0.5) is 11.6 Å². The Hall–Kier alpha value is -1.87. The molecule has 0 radical (unpaired) electrons. The molecule has 0 bridgehead atoms. The molecule has 5 heterocycles. The molecule has 0 aliphatic carbocycles. The number of aromatic nitrogens is 2. The number of sulfonamides is 1. The summed E-state index contributed by atoms with van der Waals surface area (Å²) >= 11 is 1.77. The lowest BCUT2D eigenvalue weighted by Crippen LogP contribution is -2.58. The number of hydrogen-bond acceptors (Lipinski definition) is 11. The number of thiophene rings is 1. The first-order chi connectivity index (χ1) is 16.3. The first kappa shape index (κ1) is 23.9. The van der Waals surface area contributed by atoms with Crippen molar-refractivity contribution in [3.63, 3.8) is 0 Å². The lowest BCUT2D eigenvalue weighted by molar-refractivity contribution is 0.00755. The first-order valence-electron chi connectivity index (χ1n) is 11.5. The molecule has 3 aliphatic rings. The Morgan fingerprint density at radius 3 is 2.44 bits per heavy atom. The first-order valence-corrected chi connectivity index (χ1v) is 14.2. The van der Waals surface area contributed by atoms with Gasteiger partial charge in [-0.2, -0.15) is 4.31 Å². The minimum atomic E-state index is -3.13. The van der Waals surface area contributed by atoms with Crippen LogP contribution in [0.3, 0.4) is 0 Å². The average Bonchev–Trinajstić information content (AvgIpc) is 3.27. The fourth-order valence-electron chi connectivity index (χ4n) is 4.70. The number of nitrogen functional groups attached to an aromatic ring is 1. The Balaban J connectivity index is 1.39. The van der Waals surface area contributed by atoms with Gasteiger partial charge >= 0.3 is 0 Å². The van der Waals surface area contributed by atoms with Crippen molar-refractivity contribution in [3.8, 4) is 10.4 Å². The standard InChI is InChI=1S/C21H32N8O3S2/c1-16-20-18(11-19(33-20)17-12-23-21(22)24-13-17)29(27-7-9-32-10-8-27)15-26(16)14-25-3-5-28(6-4-25)34(2,30)31/h11-13,16H,3-10,14-15H2,1-2H3,(H2,22,23,24)/t16-/m0/s1. The van der Waals surface area contributed by atoms with Crippen molar-refractivity contribution in [2.24, 2.45) is 0 Å². The summed E-state index contributed by atoms with van der Waals surface area (Å²) in [5, 5.41) is 4.75. The van der Waals surface area contributed by atoms with Crippen LogP contribution in [0.5, 0.6) is 0 Å². The number of anilines is 2. The van der Waals surface area contributed by atoms with E-state index in [1.165, 1.54) is 16.8 Å². The second-order valence-corrected chi connectivity index (χ2v) is 12.0. The van der Waals surface area contributed by atoms with Gasteiger partial charge in [-0.3, -0.25) is 14.8 Å². The monoisotopic (exact) mass is 508 g/mol. The van der Waals surface area contributed by atoms with Crippen LogP contribution in [-0.2, 0) is 14.8 Å². The third-order valence-corrected chi connectivity index (χ3v) is 9.37. The second-order valence-electron chi connectivity index (χ2n) is 8.98. The Kier molecular flexibility index (Phi) is 6.77. The van der Waals surface area contributed by atoms with Gasteiger partial charge in [0.15, 0.2) is 0 Å². The Bertz CT molecular complexity index is 1100. The van der Waals surface area contributed by atoms with Crippen LogP contribution in [0, 0.1) is 0 Å². The van der Waals surface area contributed by atoms with E-state index in [4.69, 9.17) is 10.5 Å². The van der Waals surface area contributed by atoms with Crippen molar-refractivity contribution in [3.05, 3.63) is 23.3 Å². The van der Waals surface area contributed by atoms with E-state index >= 15 is 0 Å². The number of nitrogens with two attached hydrogens (primary N) is 1. The Morgan fingerprint density at radius 2 is 1.79 bits per heavy atom. The molecule has 34 heavy (non-hydrogen) atoms. The predicted molar refractivity (Wildman–Crippen MR) is 133 cm³/mol. The van der Waals surface area contributed by atoms with Gasteiger partial charge in [-0.15, -0.1) is 11.3 Å². The topological polar surface area (TPSA) is 111 Å². The molecule has 0 aromatic carbocycles. The predicted octanol–water partition coefficient (Wildman–Crippen LogP) is 0.710. The summed E-state index contributed by atoms with van der Waals surface area (Å²) in [6.45, 7) is 9.51. The third kappa shape index (κ3) is 4.91. The van der Waals surface area contributed by atoms with Gasteiger partial charge in [0.2, 0.25) is 16.0 Å². The molecule has 2 aromatic heterocycles. The lowest BCUT2D eigenvalue weighted by atomic mass is 10.1. The van der Waals surface area contributed by atoms with Crippen LogP contribution in [0.2, 0.25) is 0 Å². The highest BCUT2D eigenvalue weighted by Gasteiger charge is 2.36. The number of rotatable bonds is 5. The zero-order chi connectivity index (χ0) is 23.9. The summed E-state index contributed by atoms with van der Waals surface area (Å²) in [4.78, 5) is 15.6. The highest BCUT2D eigenvalue weighted by molar-refractivity contribution is 7.88. The number of fused-ring (bicyclic) bond motifs is 1. The smallest absolute Gasteiger partial charge is 0.219 e. The van der Waals surface area contributed by atoms with Gasteiger partial charge in [0.05, 0.1) is 38.5 Å². The molecule has 1 atom stereocenters. The van der Waals surface area contributed by atoms with E-state index in [1.54, 1.807) is 28.0 Å². The van der Waals surface area contributed by atoms with Crippen molar-refractivity contribution in [1.82, 2.24) is 29.1 Å². The second kappa shape index (κ2) is 9.64. The minimum absolute atomic E-state index is 0.230. The molecule has 2 fully saturated rings. The molecular weight excluding hydrogens is 476 g/mol. The van der Waals surface area contributed by atoms with E-state index in [0.717, 1.165) is 63.2 Å². The van der Waals surface area contributed by atoms with Crippen molar-refractivity contribution < 1.29 is 13.2 Å². The van der Waals surface area contributed by atoms with E-state index in [9.17, 15) is 8.42 Å². The molecule has 11 nitrogen and oxygen atoms in total. The van der Waals surface area contributed by atoms with Gasteiger partial charge < -0.3 is 10.5 Å². The van der Waals surface area contributed by atoms with Gasteiger partial charge in [-0.25, -0.2) is 23.4 Å². The highest BCUT2D eigenvalue weighted by Crippen LogP contribution is 2.45. The molecule has 2 N–H and O–H groups in total. The zero-order valence-electron chi connectivity index (χ0n) is 19.6. The van der Waals surface area contributed by atoms with E-state index < -0.39 is 10.0 Å². The quantitative estimate of drug-likeness (QED) is 0.620. The van der Waals surface area contributed by atoms with Crippen molar-refractivity contribution in [2.75, 3.05) is 82.8 Å². The largest absolute Gasteiger partial charge is 0.379 e. The molecule has 2 aromatic rings. The molecule has 0 amide bonds. The van der Waals surface area contributed by atoms with Crippen molar-refractivity contribution in [1.29, 1.82) is 0 Å². The van der Waals surface area contributed by atoms with Crippen LogP contribution in [-0.4, -0.2) is 110 Å². The van der Waals surface area contributed by atoms with Gasteiger partial charge in [-0.05, 0) is 13.0 Å². The molecule has 0 saturated carbocycles. The maximum Gasteiger partial charge on any atom is 0.219 e. The summed E-state index contributed by atoms with van der Waals surface area (Å²) in [6, 6.07) is 2.47. The summed E-state index contributed by atoms with van der Waals surface area (Å²) in [5.74, 6) is 0.274. The lowest BCUT2D eigenvalue weighted by Gasteiger charge is -2.48. The highest BCUT2D eigenvalue weighted by atomic mass is 32.2. The Labute approximate surface area is 204 Å². The van der Waals surface area contributed by atoms with E-state index in [1.807, 2.05) is 0 Å². The molecule has 0 unspecified atom stereocenters. The fraction of sp³-hybridized carbons (Fsp3) is 0.619. The maximum atomic E-state index is 11.9. The van der Waals surface area contributed by atoms with Gasteiger partial charge in [-0.1, -0.05) is 0 Å². The van der Waals surface area contributed by atoms with Crippen LogP contribution in [0.25, 0.3) is 10.4 Å². The number of hydrazine groups is 1. The SMILES string of the molecule is C[C@H]1c2sc(-c3cnc(N)nc3)cc2N(N2CCOCC2)CN1CN1CCN(S(C)(=O)=O)CC1. The number of nitrogens with zero attached hydrogens (tertiary/aromatic N) is 7. The maximum absolute atomic E-state index is 11.9. The zero-order valence-corrected chi connectivity index (χ0v) is 21.3. The summed E-state index contributed by atoms with van der Waals surface area (Å²) in [6.07, 6.45) is 4.85. The summed E-state index contributed by atoms with van der Waals surface area (Å²) in [7, 11) is -3.13. The molecular formula is C21H32N8O3S2. The van der Waals surface area contributed by atoms with Crippen LogP contribution < -0.4 is 10.7 Å². The number of morpholine rings is 1. The van der Waals surface area contributed by atoms with Crippen molar-refractivity contribution in [2.45, 2.75) is 13.0 Å². The van der Waals surface area contributed by atoms with E-state index in [-0.39, 0.29) is 12.0 Å². The van der Waals surface area contributed by atoms with Gasteiger partial charge in [0.25, 0.3) is 0 Å². The van der Waals surface area contributed by atoms with Crippen LogP contribution in [0.15, 0.2) is 18.5 Å². The molecule has 13 heteroatoms. The molecule has 5 rings (SSSR count). The normalized spacial score (nSPS) is 23.8. The number of hydrogen-bond donors (Lipinski definition) is 1. The van der Waals surface area contributed by atoms with Crippen LogP contribution in [0.1, 0.15) is 17.8 Å². The van der Waals surface area contributed by atoms with Crippen molar-refractivity contribution >= 4 is 33.0 Å². The summed E-state index contributed by atoms with van der Waals surface area (Å²) < 4.78 is 30.9. The molecule has 2 saturated heterocycles.